The zero-order valence-corrected chi connectivity index (χ0v) is 16.5. The molecular formula is C21H24FN3O3. The van der Waals surface area contributed by atoms with Crippen molar-refractivity contribution < 1.29 is 18.8 Å². The second-order valence-electron chi connectivity index (χ2n) is 7.55. The summed E-state index contributed by atoms with van der Waals surface area (Å²) in [4.78, 5) is 38.4. The van der Waals surface area contributed by atoms with Gasteiger partial charge in [0.1, 0.15) is 11.9 Å². The summed E-state index contributed by atoms with van der Waals surface area (Å²) >= 11 is 0. The number of benzene rings is 1. The van der Waals surface area contributed by atoms with Crippen molar-refractivity contribution in [3.05, 3.63) is 53.1 Å². The Morgan fingerprint density at radius 2 is 1.89 bits per heavy atom. The number of nitrogens with zero attached hydrogens (tertiary/aromatic N) is 2. The van der Waals surface area contributed by atoms with Gasteiger partial charge in [0.25, 0.3) is 5.91 Å². The van der Waals surface area contributed by atoms with Crippen molar-refractivity contribution in [2.45, 2.75) is 40.2 Å². The number of hydrogen-bond donors (Lipinski definition) is 1. The first kappa shape index (κ1) is 19.8. The second kappa shape index (κ2) is 7.58. The molecule has 1 atom stereocenters. The van der Waals surface area contributed by atoms with Crippen molar-refractivity contribution in [3.8, 4) is 5.69 Å². The molecule has 28 heavy (non-hydrogen) atoms. The van der Waals surface area contributed by atoms with Crippen LogP contribution in [0, 0.1) is 25.6 Å². The minimum atomic E-state index is -0.592. The molecule has 3 amide bonds. The first-order chi connectivity index (χ1) is 13.2. The Kier molecular flexibility index (Phi) is 5.36. The molecule has 2 aromatic rings. The number of imide groups is 1. The number of aryl methyl sites for hydroxylation is 1. The van der Waals surface area contributed by atoms with Gasteiger partial charge in [-0.1, -0.05) is 26.0 Å². The lowest BCUT2D eigenvalue weighted by atomic mass is 10.0. The molecule has 2 heterocycles. The highest BCUT2D eigenvalue weighted by Crippen LogP contribution is 2.24. The van der Waals surface area contributed by atoms with E-state index in [0.29, 0.717) is 29.1 Å². The van der Waals surface area contributed by atoms with Crippen LogP contribution in [0.3, 0.4) is 0 Å². The quantitative estimate of drug-likeness (QED) is 0.612. The van der Waals surface area contributed by atoms with Gasteiger partial charge in [-0.2, -0.15) is 0 Å². The normalized spacial score (nSPS) is 16.8. The monoisotopic (exact) mass is 385 g/mol. The van der Waals surface area contributed by atoms with Gasteiger partial charge in [-0.25, -0.2) is 9.18 Å². The average Bonchev–Trinajstić information content (AvgIpc) is 3.05. The van der Waals surface area contributed by atoms with Crippen molar-refractivity contribution in [1.82, 2.24) is 14.8 Å². The Bertz CT molecular complexity index is 948. The number of hydrogen-bond acceptors (Lipinski definition) is 3. The summed E-state index contributed by atoms with van der Waals surface area (Å²) in [7, 11) is 0. The number of nitrogens with one attached hydrogen (secondary N) is 1. The predicted octanol–water partition coefficient (Wildman–Crippen LogP) is 3.38. The lowest BCUT2D eigenvalue weighted by Crippen LogP contribution is -2.36. The molecule has 1 aromatic heterocycles. The predicted molar refractivity (Wildman–Crippen MR) is 103 cm³/mol. The number of aromatic nitrogens is 1. The topological polar surface area (TPSA) is 71.4 Å². The van der Waals surface area contributed by atoms with Gasteiger partial charge in [0, 0.05) is 17.0 Å². The summed E-state index contributed by atoms with van der Waals surface area (Å²) in [5.41, 5.74) is 1.98. The van der Waals surface area contributed by atoms with E-state index in [2.05, 4.69) is 5.32 Å². The van der Waals surface area contributed by atoms with Crippen molar-refractivity contribution in [1.29, 1.82) is 0 Å². The molecule has 6 nitrogen and oxygen atoms in total. The summed E-state index contributed by atoms with van der Waals surface area (Å²) in [6.45, 7) is 7.10. The van der Waals surface area contributed by atoms with E-state index in [9.17, 15) is 18.8 Å². The minimum Gasteiger partial charge on any atom is -0.326 e. The van der Waals surface area contributed by atoms with E-state index in [0.717, 1.165) is 4.90 Å². The van der Waals surface area contributed by atoms with Gasteiger partial charge in [0.2, 0.25) is 0 Å². The van der Waals surface area contributed by atoms with E-state index >= 15 is 0 Å². The largest absolute Gasteiger partial charge is 0.326 e. The molecule has 0 aliphatic carbocycles. The first-order valence-electron chi connectivity index (χ1n) is 9.29. The summed E-state index contributed by atoms with van der Waals surface area (Å²) < 4.78 is 15.9. The van der Waals surface area contributed by atoms with Gasteiger partial charge < -0.3 is 9.88 Å². The third-order valence-electron chi connectivity index (χ3n) is 4.94. The molecule has 1 N–H and O–H groups in total. The molecule has 148 valence electrons. The van der Waals surface area contributed by atoms with Crippen LogP contribution >= 0.6 is 0 Å². The van der Waals surface area contributed by atoms with Crippen LogP contribution < -0.4 is 5.32 Å². The fourth-order valence-corrected chi connectivity index (χ4v) is 3.64. The fraction of sp³-hybridized carbons (Fsp3) is 0.381. The lowest BCUT2D eigenvalue weighted by Gasteiger charge is -2.14. The maximum atomic E-state index is 14.2. The minimum absolute atomic E-state index is 0.240. The van der Waals surface area contributed by atoms with E-state index in [-0.39, 0.29) is 24.2 Å². The zero-order valence-electron chi connectivity index (χ0n) is 16.5. The number of halogens is 1. The van der Waals surface area contributed by atoms with Gasteiger partial charge >= 0.3 is 6.03 Å². The van der Waals surface area contributed by atoms with Crippen LogP contribution in [-0.4, -0.2) is 39.8 Å². The van der Waals surface area contributed by atoms with Crippen LogP contribution in [0.25, 0.3) is 5.69 Å². The molecule has 1 aromatic carbocycles. The summed E-state index contributed by atoms with van der Waals surface area (Å²) in [6, 6.07) is 6.84. The zero-order chi connectivity index (χ0) is 20.6. The van der Waals surface area contributed by atoms with Crippen LogP contribution in [-0.2, 0) is 4.79 Å². The lowest BCUT2D eigenvalue weighted by molar-refractivity contribution is -0.127. The van der Waals surface area contributed by atoms with Crippen LogP contribution in [0.4, 0.5) is 9.18 Å². The first-order valence-corrected chi connectivity index (χ1v) is 9.29. The van der Waals surface area contributed by atoms with E-state index in [1.807, 2.05) is 13.8 Å². The number of para-hydroxylation sites is 1. The van der Waals surface area contributed by atoms with Crippen LogP contribution in [0.2, 0.25) is 0 Å². The highest BCUT2D eigenvalue weighted by Gasteiger charge is 2.39. The van der Waals surface area contributed by atoms with E-state index in [4.69, 9.17) is 0 Å². The van der Waals surface area contributed by atoms with Crippen LogP contribution in [0.1, 0.15) is 42.0 Å². The van der Waals surface area contributed by atoms with Gasteiger partial charge in [-0.15, -0.1) is 0 Å². The molecular weight excluding hydrogens is 361 g/mol. The van der Waals surface area contributed by atoms with Crippen LogP contribution in [0.15, 0.2) is 30.3 Å². The molecule has 1 fully saturated rings. The average molecular weight is 385 g/mol. The number of carbonyl (C=O) groups excluding carboxylic acids is 3. The SMILES string of the molecule is Cc1cc(C(=O)CN2C(=O)N[C@@H](CC(C)C)C2=O)c(C)n1-c1ccccc1F. The van der Waals surface area contributed by atoms with Gasteiger partial charge in [0.05, 0.1) is 12.2 Å². The molecule has 0 saturated carbocycles. The highest BCUT2D eigenvalue weighted by molar-refractivity contribution is 6.09. The van der Waals surface area contributed by atoms with Crippen molar-refractivity contribution in [2.24, 2.45) is 5.92 Å². The van der Waals surface area contributed by atoms with Gasteiger partial charge in [-0.05, 0) is 44.4 Å². The summed E-state index contributed by atoms with van der Waals surface area (Å²) in [5, 5.41) is 2.64. The molecule has 3 rings (SSSR count). The smallest absolute Gasteiger partial charge is 0.325 e. The molecule has 7 heteroatoms. The Labute approximate surface area is 163 Å². The molecule has 0 bridgehead atoms. The Balaban J connectivity index is 1.85. The standard InChI is InChI=1S/C21H24FN3O3/c1-12(2)9-17-20(27)24(21(28)23-17)11-19(26)15-10-13(3)25(14(15)4)18-8-6-5-7-16(18)22/h5-8,10,12,17H,9,11H2,1-4H3,(H,23,28)/t17-/m0/s1. The fourth-order valence-electron chi connectivity index (χ4n) is 3.64. The number of Topliss-reactive ketones (excluding diaryl/α,β-unsaturated/α-hetero) is 1. The third-order valence-corrected chi connectivity index (χ3v) is 4.94. The van der Waals surface area contributed by atoms with E-state index in [1.165, 1.54) is 6.07 Å². The molecule has 1 saturated heterocycles. The Morgan fingerprint density at radius 3 is 2.54 bits per heavy atom. The third kappa shape index (κ3) is 3.56. The second-order valence-corrected chi connectivity index (χ2v) is 7.55. The maximum Gasteiger partial charge on any atom is 0.325 e. The molecule has 0 radical (unpaired) electrons. The number of urea groups is 1. The Hall–Kier alpha value is -2.96. The van der Waals surface area contributed by atoms with Crippen LogP contribution in [0.5, 0.6) is 0 Å². The van der Waals surface area contributed by atoms with Crippen molar-refractivity contribution >= 4 is 17.7 Å². The van der Waals surface area contributed by atoms with Gasteiger partial charge in [-0.3, -0.25) is 14.5 Å². The number of carbonyl (C=O) groups is 3. The molecule has 0 spiro atoms. The highest BCUT2D eigenvalue weighted by atomic mass is 19.1. The Morgan fingerprint density at radius 1 is 1.21 bits per heavy atom. The molecule has 1 aliphatic heterocycles. The van der Waals surface area contributed by atoms with Crippen molar-refractivity contribution in [2.75, 3.05) is 6.54 Å². The number of ketones is 1. The summed E-state index contributed by atoms with van der Waals surface area (Å²) in [5.74, 6) is -0.891. The van der Waals surface area contributed by atoms with Crippen molar-refractivity contribution in [3.63, 3.8) is 0 Å². The number of rotatable bonds is 6. The number of amides is 3. The van der Waals surface area contributed by atoms with Gasteiger partial charge in [0.15, 0.2) is 5.78 Å². The van der Waals surface area contributed by atoms with E-state index < -0.39 is 17.9 Å². The summed E-state index contributed by atoms with van der Waals surface area (Å²) in [6.07, 6.45) is 0.525. The molecule has 0 unspecified atom stereocenters. The van der Waals surface area contributed by atoms with E-state index in [1.54, 1.807) is 42.7 Å². The maximum absolute atomic E-state index is 14.2. The molecule has 1 aliphatic rings.